The van der Waals surface area contributed by atoms with Crippen LogP contribution in [0, 0.1) is 6.92 Å². The Morgan fingerprint density at radius 3 is 2.66 bits per heavy atom. The molecule has 2 heterocycles. The van der Waals surface area contributed by atoms with Gasteiger partial charge >= 0.3 is 0 Å². The molecule has 2 N–H and O–H groups in total. The van der Waals surface area contributed by atoms with E-state index in [1.54, 1.807) is 18.5 Å². The van der Waals surface area contributed by atoms with Crippen LogP contribution in [0.15, 0.2) is 73.1 Å². The number of para-hydroxylation sites is 3. The van der Waals surface area contributed by atoms with Gasteiger partial charge in [0.1, 0.15) is 11.3 Å². The molecule has 0 bridgehead atoms. The van der Waals surface area contributed by atoms with Crippen molar-refractivity contribution >= 4 is 33.7 Å². The van der Waals surface area contributed by atoms with Crippen molar-refractivity contribution in [3.63, 3.8) is 0 Å². The number of imidazole rings is 1. The summed E-state index contributed by atoms with van der Waals surface area (Å²) in [4.78, 5) is 29.5. The number of amides is 1. The molecule has 5 rings (SSSR count). The second-order valence-corrected chi connectivity index (χ2v) is 6.82. The topological polar surface area (TPSA) is 83.6 Å². The Labute approximate surface area is 166 Å². The number of nitrogens with one attached hydrogen (secondary N) is 2. The van der Waals surface area contributed by atoms with E-state index in [1.807, 2.05) is 61.5 Å². The summed E-state index contributed by atoms with van der Waals surface area (Å²) >= 11 is 0. The molecule has 29 heavy (non-hydrogen) atoms. The Morgan fingerprint density at radius 1 is 0.931 bits per heavy atom. The molecular weight excluding hydrogens is 362 g/mol. The van der Waals surface area contributed by atoms with E-state index in [-0.39, 0.29) is 5.91 Å². The molecule has 140 valence electrons. The Bertz CT molecular complexity index is 1330. The molecule has 1 amide bonds. The van der Waals surface area contributed by atoms with Crippen LogP contribution in [0.25, 0.3) is 33.5 Å². The summed E-state index contributed by atoms with van der Waals surface area (Å²) in [6.07, 6.45) is 3.21. The second kappa shape index (κ2) is 6.83. The zero-order valence-electron chi connectivity index (χ0n) is 15.7. The number of carbonyl (C=O) groups excluding carboxylic acids is 1. The van der Waals surface area contributed by atoms with Crippen LogP contribution in [0.2, 0.25) is 0 Å². The van der Waals surface area contributed by atoms with Crippen LogP contribution in [0.1, 0.15) is 15.9 Å². The smallest absolute Gasteiger partial charge is 0.257 e. The number of H-pyrrole nitrogens is 1. The summed E-state index contributed by atoms with van der Waals surface area (Å²) in [5, 5.41) is 3.01. The summed E-state index contributed by atoms with van der Waals surface area (Å²) < 4.78 is 0. The van der Waals surface area contributed by atoms with Gasteiger partial charge in [-0.05, 0) is 42.8 Å². The molecule has 0 saturated carbocycles. The van der Waals surface area contributed by atoms with E-state index in [9.17, 15) is 4.79 Å². The third-order valence-electron chi connectivity index (χ3n) is 4.89. The molecule has 0 spiro atoms. The fraction of sp³-hybridized carbons (Fsp3) is 0.0435. The van der Waals surface area contributed by atoms with E-state index in [0.29, 0.717) is 16.6 Å². The SMILES string of the molecule is Cc1ccc(-c2nc3ccccc3[nH]2)cc1NC(=O)c1cccc2nccnc12. The fourth-order valence-electron chi connectivity index (χ4n) is 3.36. The van der Waals surface area contributed by atoms with Gasteiger partial charge in [-0.1, -0.05) is 30.3 Å². The first-order valence-electron chi connectivity index (χ1n) is 9.26. The molecule has 0 saturated heterocycles. The molecule has 6 heteroatoms. The number of anilines is 1. The molecule has 2 aromatic heterocycles. The molecule has 5 aromatic rings. The Hall–Kier alpha value is -4.06. The van der Waals surface area contributed by atoms with E-state index in [2.05, 4.69) is 25.3 Å². The number of hydrogen-bond acceptors (Lipinski definition) is 4. The highest BCUT2D eigenvalue weighted by atomic mass is 16.1. The van der Waals surface area contributed by atoms with Crippen molar-refractivity contribution in [2.75, 3.05) is 5.32 Å². The van der Waals surface area contributed by atoms with Crippen molar-refractivity contribution in [3.05, 3.63) is 84.2 Å². The van der Waals surface area contributed by atoms with E-state index in [1.165, 1.54) is 0 Å². The summed E-state index contributed by atoms with van der Waals surface area (Å²) in [6.45, 7) is 1.96. The second-order valence-electron chi connectivity index (χ2n) is 6.82. The van der Waals surface area contributed by atoms with Crippen LogP contribution in [0.3, 0.4) is 0 Å². The largest absolute Gasteiger partial charge is 0.338 e. The zero-order valence-corrected chi connectivity index (χ0v) is 15.7. The van der Waals surface area contributed by atoms with Crippen molar-refractivity contribution in [2.45, 2.75) is 6.92 Å². The first kappa shape index (κ1) is 17.1. The number of fused-ring (bicyclic) bond motifs is 2. The number of carbonyl (C=O) groups is 1. The van der Waals surface area contributed by atoms with Crippen LogP contribution >= 0.6 is 0 Å². The van der Waals surface area contributed by atoms with Gasteiger partial charge < -0.3 is 10.3 Å². The van der Waals surface area contributed by atoms with Crippen molar-refractivity contribution < 1.29 is 4.79 Å². The van der Waals surface area contributed by atoms with Crippen LogP contribution in [-0.2, 0) is 0 Å². The monoisotopic (exact) mass is 379 g/mol. The number of aromatic nitrogens is 4. The number of hydrogen-bond donors (Lipinski definition) is 2. The van der Waals surface area contributed by atoms with Crippen molar-refractivity contribution in [1.29, 1.82) is 0 Å². The minimum absolute atomic E-state index is 0.221. The van der Waals surface area contributed by atoms with Crippen LogP contribution < -0.4 is 5.32 Å². The van der Waals surface area contributed by atoms with Gasteiger partial charge in [-0.2, -0.15) is 0 Å². The first-order valence-corrected chi connectivity index (χ1v) is 9.26. The fourth-order valence-corrected chi connectivity index (χ4v) is 3.36. The van der Waals surface area contributed by atoms with Crippen LogP contribution in [0.4, 0.5) is 5.69 Å². The van der Waals surface area contributed by atoms with Crippen molar-refractivity contribution in [2.24, 2.45) is 0 Å². The number of nitrogens with zero attached hydrogens (tertiary/aromatic N) is 3. The number of benzene rings is 3. The van der Waals surface area contributed by atoms with Gasteiger partial charge in [0.15, 0.2) is 0 Å². The van der Waals surface area contributed by atoms with Gasteiger partial charge in [0.05, 0.1) is 22.1 Å². The lowest BCUT2D eigenvalue weighted by Crippen LogP contribution is -2.14. The van der Waals surface area contributed by atoms with Gasteiger partial charge in [-0.3, -0.25) is 14.8 Å². The average molecular weight is 379 g/mol. The van der Waals surface area contributed by atoms with Crippen LogP contribution in [-0.4, -0.2) is 25.8 Å². The molecule has 0 fully saturated rings. The summed E-state index contributed by atoms with van der Waals surface area (Å²) in [5.41, 5.74) is 6.24. The zero-order chi connectivity index (χ0) is 19.8. The standard InChI is InChI=1S/C23H17N5O/c1-14-9-10-15(22-26-17-6-2-3-7-18(17)27-22)13-20(14)28-23(29)16-5-4-8-19-21(16)25-12-11-24-19/h2-13H,1H3,(H,26,27)(H,28,29). The Kier molecular flexibility index (Phi) is 4.02. The highest BCUT2D eigenvalue weighted by Crippen LogP contribution is 2.26. The molecular formula is C23H17N5O. The number of aryl methyl sites for hydroxylation is 1. The molecule has 0 aliphatic heterocycles. The lowest BCUT2D eigenvalue weighted by atomic mass is 10.1. The van der Waals surface area contributed by atoms with E-state index >= 15 is 0 Å². The highest BCUT2D eigenvalue weighted by Gasteiger charge is 2.14. The summed E-state index contributed by atoms with van der Waals surface area (Å²) in [7, 11) is 0. The minimum atomic E-state index is -0.221. The Morgan fingerprint density at radius 2 is 1.76 bits per heavy atom. The van der Waals surface area contributed by atoms with Crippen molar-refractivity contribution in [1.82, 2.24) is 19.9 Å². The van der Waals surface area contributed by atoms with Gasteiger partial charge in [0.25, 0.3) is 5.91 Å². The molecule has 0 radical (unpaired) electrons. The van der Waals surface area contributed by atoms with Crippen LogP contribution in [0.5, 0.6) is 0 Å². The number of rotatable bonds is 3. The lowest BCUT2D eigenvalue weighted by Gasteiger charge is -2.11. The third kappa shape index (κ3) is 3.10. The van der Waals surface area contributed by atoms with Gasteiger partial charge in [-0.15, -0.1) is 0 Å². The molecule has 6 nitrogen and oxygen atoms in total. The first-order chi connectivity index (χ1) is 14.2. The Balaban J connectivity index is 1.51. The average Bonchev–Trinajstić information content (AvgIpc) is 3.19. The molecule has 0 atom stereocenters. The highest BCUT2D eigenvalue weighted by molar-refractivity contribution is 6.11. The summed E-state index contributed by atoms with van der Waals surface area (Å²) in [6, 6.07) is 19.2. The lowest BCUT2D eigenvalue weighted by molar-refractivity contribution is 0.102. The molecule has 0 aliphatic rings. The summed E-state index contributed by atoms with van der Waals surface area (Å²) in [5.74, 6) is 0.540. The minimum Gasteiger partial charge on any atom is -0.338 e. The van der Waals surface area contributed by atoms with E-state index in [4.69, 9.17) is 0 Å². The maximum atomic E-state index is 13.0. The van der Waals surface area contributed by atoms with Gasteiger partial charge in [-0.25, -0.2) is 4.98 Å². The predicted octanol–water partition coefficient (Wildman–Crippen LogP) is 4.73. The third-order valence-corrected chi connectivity index (χ3v) is 4.89. The van der Waals surface area contributed by atoms with E-state index in [0.717, 1.165) is 33.7 Å². The molecule has 3 aromatic carbocycles. The molecule has 0 unspecified atom stereocenters. The molecule has 0 aliphatic carbocycles. The number of aromatic amines is 1. The quantitative estimate of drug-likeness (QED) is 0.474. The van der Waals surface area contributed by atoms with Crippen molar-refractivity contribution in [3.8, 4) is 11.4 Å². The maximum absolute atomic E-state index is 13.0. The maximum Gasteiger partial charge on any atom is 0.257 e. The van der Waals surface area contributed by atoms with E-state index < -0.39 is 0 Å². The van der Waals surface area contributed by atoms with Gasteiger partial charge in [0.2, 0.25) is 0 Å². The normalized spacial score (nSPS) is 11.1. The van der Waals surface area contributed by atoms with Gasteiger partial charge in [0, 0.05) is 23.6 Å². The predicted molar refractivity (Wildman–Crippen MR) is 114 cm³/mol.